The lowest BCUT2D eigenvalue weighted by Crippen LogP contribution is -2.00. The summed E-state index contributed by atoms with van der Waals surface area (Å²) in [5, 5.41) is 9.93. The normalized spacial score (nSPS) is 20.9. The highest BCUT2D eigenvalue weighted by Crippen LogP contribution is 2.34. The van der Waals surface area contributed by atoms with Crippen molar-refractivity contribution in [3.63, 3.8) is 0 Å². The molecule has 0 unspecified atom stereocenters. The molecule has 1 aliphatic rings. The Hall–Kier alpha value is -1.02. The summed E-state index contributed by atoms with van der Waals surface area (Å²) in [5.74, 6) is 0.868. The van der Waals surface area contributed by atoms with Crippen LogP contribution in [0.5, 0.6) is 5.75 Å². The van der Waals surface area contributed by atoms with Crippen LogP contribution in [0.2, 0.25) is 0 Å². The summed E-state index contributed by atoms with van der Waals surface area (Å²) in [5.41, 5.74) is 3.30. The number of aliphatic hydroxyl groups excluding tert-OH is 1. The quantitative estimate of drug-likeness (QED) is 0.684. The first-order valence-electron chi connectivity index (χ1n) is 5.10. The molecule has 76 valence electrons. The molecule has 1 heterocycles. The second kappa shape index (κ2) is 3.62. The monoisotopic (exact) mass is 192 g/mol. The van der Waals surface area contributed by atoms with Crippen LogP contribution < -0.4 is 4.74 Å². The number of benzene rings is 1. The van der Waals surface area contributed by atoms with Crippen LogP contribution in [0, 0.1) is 13.8 Å². The number of rotatable bonds is 0. The van der Waals surface area contributed by atoms with Gasteiger partial charge in [-0.05, 0) is 43.9 Å². The van der Waals surface area contributed by atoms with E-state index in [1.807, 2.05) is 19.9 Å². The fourth-order valence-corrected chi connectivity index (χ4v) is 2.09. The Balaban J connectivity index is 2.53. The molecule has 0 saturated heterocycles. The minimum absolute atomic E-state index is 0.354. The predicted molar refractivity (Wildman–Crippen MR) is 55.6 cm³/mol. The van der Waals surface area contributed by atoms with Gasteiger partial charge in [-0.2, -0.15) is 0 Å². The van der Waals surface area contributed by atoms with Crippen molar-refractivity contribution in [3.05, 3.63) is 28.8 Å². The Bertz CT molecular complexity index is 344. The smallest absolute Gasteiger partial charge is 0.125 e. The second-order valence-electron chi connectivity index (χ2n) is 4.00. The van der Waals surface area contributed by atoms with Crippen LogP contribution in [-0.2, 0) is 0 Å². The molecule has 1 aromatic rings. The third-order valence-corrected chi connectivity index (χ3v) is 2.71. The number of ether oxygens (including phenoxy) is 1. The first-order chi connectivity index (χ1) is 6.68. The van der Waals surface area contributed by atoms with Gasteiger partial charge < -0.3 is 9.84 Å². The molecule has 0 fully saturated rings. The molecule has 1 atom stereocenters. The van der Waals surface area contributed by atoms with E-state index in [0.717, 1.165) is 29.7 Å². The highest BCUT2D eigenvalue weighted by molar-refractivity contribution is 5.44. The summed E-state index contributed by atoms with van der Waals surface area (Å²) < 4.78 is 5.62. The zero-order valence-corrected chi connectivity index (χ0v) is 8.71. The topological polar surface area (TPSA) is 29.5 Å². The van der Waals surface area contributed by atoms with Crippen LogP contribution in [-0.4, -0.2) is 11.7 Å². The van der Waals surface area contributed by atoms with Crippen molar-refractivity contribution in [2.45, 2.75) is 32.8 Å². The number of hydrogen-bond acceptors (Lipinski definition) is 2. The van der Waals surface area contributed by atoms with Crippen LogP contribution in [0.1, 0.15) is 35.6 Å². The summed E-state index contributed by atoms with van der Waals surface area (Å²) in [4.78, 5) is 0. The van der Waals surface area contributed by atoms with E-state index in [2.05, 4.69) is 6.07 Å². The molecular formula is C12H16O2. The van der Waals surface area contributed by atoms with Gasteiger partial charge in [-0.3, -0.25) is 0 Å². The fraction of sp³-hybridized carbons (Fsp3) is 0.500. The molecule has 2 heteroatoms. The molecule has 2 rings (SSSR count). The zero-order valence-electron chi connectivity index (χ0n) is 8.71. The van der Waals surface area contributed by atoms with Crippen molar-refractivity contribution < 1.29 is 9.84 Å². The van der Waals surface area contributed by atoms with Gasteiger partial charge in [0, 0.05) is 5.56 Å². The van der Waals surface area contributed by atoms with Crippen LogP contribution in [0.3, 0.4) is 0 Å². The molecule has 0 aromatic heterocycles. The largest absolute Gasteiger partial charge is 0.493 e. The average molecular weight is 192 g/mol. The van der Waals surface area contributed by atoms with Gasteiger partial charge in [0.05, 0.1) is 12.7 Å². The van der Waals surface area contributed by atoms with Crippen LogP contribution in [0.4, 0.5) is 0 Å². The molecule has 0 aliphatic carbocycles. The van der Waals surface area contributed by atoms with E-state index >= 15 is 0 Å². The maximum absolute atomic E-state index is 9.93. The molecule has 0 bridgehead atoms. The molecule has 2 nitrogen and oxygen atoms in total. The number of hydrogen-bond donors (Lipinski definition) is 1. The number of fused-ring (bicyclic) bond motifs is 1. The first kappa shape index (κ1) is 9.53. The number of aryl methyl sites for hydroxylation is 2. The zero-order chi connectivity index (χ0) is 10.1. The van der Waals surface area contributed by atoms with Crippen LogP contribution >= 0.6 is 0 Å². The summed E-state index contributed by atoms with van der Waals surface area (Å²) in [6.45, 7) is 4.80. The van der Waals surface area contributed by atoms with E-state index in [0.29, 0.717) is 6.61 Å². The van der Waals surface area contributed by atoms with Crippen molar-refractivity contribution >= 4 is 0 Å². The van der Waals surface area contributed by atoms with E-state index in [9.17, 15) is 5.11 Å². The van der Waals surface area contributed by atoms with Crippen molar-refractivity contribution in [1.82, 2.24) is 0 Å². The van der Waals surface area contributed by atoms with Gasteiger partial charge in [-0.15, -0.1) is 0 Å². The van der Waals surface area contributed by atoms with Gasteiger partial charge in [-0.1, -0.05) is 6.07 Å². The van der Waals surface area contributed by atoms with Gasteiger partial charge >= 0.3 is 0 Å². The van der Waals surface area contributed by atoms with E-state index in [4.69, 9.17) is 4.74 Å². The van der Waals surface area contributed by atoms with Gasteiger partial charge in [0.25, 0.3) is 0 Å². The van der Waals surface area contributed by atoms with Gasteiger partial charge in [-0.25, -0.2) is 0 Å². The highest BCUT2D eigenvalue weighted by Gasteiger charge is 2.19. The molecule has 1 aliphatic heterocycles. The lowest BCUT2D eigenvalue weighted by Gasteiger charge is -2.14. The second-order valence-corrected chi connectivity index (χ2v) is 4.00. The Morgan fingerprint density at radius 1 is 1.36 bits per heavy atom. The predicted octanol–water partition coefficient (Wildman–Crippen LogP) is 2.51. The highest BCUT2D eigenvalue weighted by atomic mass is 16.5. The molecular weight excluding hydrogens is 176 g/mol. The van der Waals surface area contributed by atoms with Gasteiger partial charge in [0.15, 0.2) is 0 Å². The molecule has 0 radical (unpaired) electrons. The van der Waals surface area contributed by atoms with E-state index in [-0.39, 0.29) is 6.10 Å². The Kier molecular flexibility index (Phi) is 2.46. The summed E-state index contributed by atoms with van der Waals surface area (Å²) in [6.07, 6.45) is 1.37. The SMILES string of the molecule is Cc1cc(C)c2c(c1)OCCC[C@H]2O. The molecule has 0 amide bonds. The van der Waals surface area contributed by atoms with E-state index < -0.39 is 0 Å². The molecule has 0 saturated carbocycles. The molecule has 1 N–H and O–H groups in total. The van der Waals surface area contributed by atoms with Crippen LogP contribution in [0.25, 0.3) is 0 Å². The minimum Gasteiger partial charge on any atom is -0.493 e. The van der Waals surface area contributed by atoms with Gasteiger partial charge in [0.2, 0.25) is 0 Å². The Morgan fingerprint density at radius 2 is 2.14 bits per heavy atom. The average Bonchev–Trinajstić information content (AvgIpc) is 2.27. The molecule has 0 spiro atoms. The van der Waals surface area contributed by atoms with Crippen LogP contribution in [0.15, 0.2) is 12.1 Å². The lowest BCUT2D eigenvalue weighted by molar-refractivity contribution is 0.167. The minimum atomic E-state index is -0.354. The first-order valence-corrected chi connectivity index (χ1v) is 5.10. The van der Waals surface area contributed by atoms with E-state index in [1.54, 1.807) is 0 Å². The number of aliphatic hydroxyl groups is 1. The van der Waals surface area contributed by atoms with E-state index in [1.165, 1.54) is 5.56 Å². The standard InChI is InChI=1S/C12H16O2/c1-8-6-9(2)12-10(13)4-3-5-14-11(12)7-8/h6-7,10,13H,3-5H2,1-2H3/t10-/m1/s1. The fourth-order valence-electron chi connectivity index (χ4n) is 2.09. The molecule has 1 aromatic carbocycles. The van der Waals surface area contributed by atoms with Crippen molar-refractivity contribution in [2.75, 3.05) is 6.61 Å². The Morgan fingerprint density at radius 3 is 2.93 bits per heavy atom. The third-order valence-electron chi connectivity index (χ3n) is 2.71. The van der Waals surface area contributed by atoms with Crippen molar-refractivity contribution in [3.8, 4) is 5.75 Å². The van der Waals surface area contributed by atoms with Crippen molar-refractivity contribution in [1.29, 1.82) is 0 Å². The summed E-state index contributed by atoms with van der Waals surface area (Å²) in [7, 11) is 0. The third kappa shape index (κ3) is 1.62. The maximum atomic E-state index is 9.93. The lowest BCUT2D eigenvalue weighted by atomic mass is 9.98. The van der Waals surface area contributed by atoms with Gasteiger partial charge in [0.1, 0.15) is 5.75 Å². The Labute approximate surface area is 84.5 Å². The summed E-state index contributed by atoms with van der Waals surface area (Å²) in [6, 6.07) is 4.10. The maximum Gasteiger partial charge on any atom is 0.125 e. The molecule has 14 heavy (non-hydrogen) atoms. The van der Waals surface area contributed by atoms with Crippen molar-refractivity contribution in [2.24, 2.45) is 0 Å². The summed E-state index contributed by atoms with van der Waals surface area (Å²) >= 11 is 0.